The average Bonchev–Trinajstić information content (AvgIpc) is 3.36. The second-order valence-corrected chi connectivity index (χ2v) is 18.8. The number of hydrogen-bond donors (Lipinski definition) is 0. The number of carbonyl (C=O) groups excluding carboxylic acids is 2. The molecule has 0 N–H and O–H groups in total. The Morgan fingerprint density at radius 1 is 0.314 bits per heavy atom. The number of unbranched alkanes of at least 4 members (excludes halogenated alkanes) is 21. The summed E-state index contributed by atoms with van der Waals surface area (Å²) in [6, 6.07) is 0. The summed E-state index contributed by atoms with van der Waals surface area (Å²) in [7, 11) is 0. The fourth-order valence-electron chi connectivity index (χ4n) is 7.67. The second-order valence-electron chi connectivity index (χ2n) is 18.8. The molecule has 0 bridgehead atoms. The third kappa shape index (κ3) is 56.9. The molecule has 0 aliphatic rings. The summed E-state index contributed by atoms with van der Waals surface area (Å²) in [5.74, 6) is -0.464. The highest BCUT2D eigenvalue weighted by molar-refractivity contribution is 5.70. The van der Waals surface area contributed by atoms with Crippen LogP contribution in [0.2, 0.25) is 0 Å². The summed E-state index contributed by atoms with van der Waals surface area (Å²) in [4.78, 5) is 25.3. The predicted octanol–water partition coefficient (Wildman–Crippen LogP) is 20.1. The van der Waals surface area contributed by atoms with Crippen LogP contribution in [0.5, 0.6) is 0 Å². The van der Waals surface area contributed by atoms with E-state index in [4.69, 9.17) is 14.2 Å². The molecule has 5 heteroatoms. The molecule has 0 aromatic rings. The highest BCUT2D eigenvalue weighted by atomic mass is 16.6. The number of carbonyl (C=O) groups is 2. The SMILES string of the molecule is CC/C=C\C/C=C\C/C=C\C/C=C\C/C=C\C/C=C\CCC(=O)OC[C@H](COC(=O)CCCCC/C=C\C/C=C\C/C=C\C/C=C\CCCCC)OCCCCCCCCCCCCCCCCCC. The molecule has 0 unspecified atom stereocenters. The van der Waals surface area contributed by atoms with Gasteiger partial charge in [0.05, 0.1) is 0 Å². The monoisotopic (exact) mass is 969 g/mol. The first-order chi connectivity index (χ1) is 34.6. The lowest BCUT2D eigenvalue weighted by atomic mass is 10.0. The molecule has 0 aliphatic carbocycles. The van der Waals surface area contributed by atoms with Gasteiger partial charge < -0.3 is 14.2 Å². The summed E-state index contributed by atoms with van der Waals surface area (Å²) in [5, 5.41) is 0. The van der Waals surface area contributed by atoms with Crippen LogP contribution in [-0.4, -0.2) is 37.9 Å². The van der Waals surface area contributed by atoms with E-state index in [1.165, 1.54) is 116 Å². The van der Waals surface area contributed by atoms with Crippen LogP contribution in [0.25, 0.3) is 0 Å². The number of allylic oxidation sites excluding steroid dienone is 20. The molecular weight excluding hydrogens is 861 g/mol. The van der Waals surface area contributed by atoms with Crippen molar-refractivity contribution in [3.63, 3.8) is 0 Å². The summed E-state index contributed by atoms with van der Waals surface area (Å²) < 4.78 is 17.4. The maximum Gasteiger partial charge on any atom is 0.306 e. The van der Waals surface area contributed by atoms with Crippen LogP contribution in [0.1, 0.15) is 252 Å². The lowest BCUT2D eigenvalue weighted by molar-refractivity contribution is -0.155. The van der Waals surface area contributed by atoms with E-state index in [2.05, 4.69) is 136 Å². The first-order valence-electron chi connectivity index (χ1n) is 29.1. The summed E-state index contributed by atoms with van der Waals surface area (Å²) in [6.07, 6.45) is 83.9. The normalized spacial score (nSPS) is 13.1. The highest BCUT2D eigenvalue weighted by Gasteiger charge is 2.15. The van der Waals surface area contributed by atoms with Gasteiger partial charge in [-0.05, 0) is 103 Å². The van der Waals surface area contributed by atoms with Gasteiger partial charge in [0, 0.05) is 19.4 Å². The Kier molecular flexibility index (Phi) is 56.5. The van der Waals surface area contributed by atoms with Gasteiger partial charge in [-0.1, -0.05) is 258 Å². The largest absolute Gasteiger partial charge is 0.463 e. The van der Waals surface area contributed by atoms with Crippen LogP contribution < -0.4 is 0 Å². The van der Waals surface area contributed by atoms with E-state index in [0.717, 1.165) is 96.3 Å². The number of rotatable bonds is 52. The van der Waals surface area contributed by atoms with Crippen molar-refractivity contribution in [2.75, 3.05) is 19.8 Å². The predicted molar refractivity (Wildman–Crippen MR) is 306 cm³/mol. The second kappa shape index (κ2) is 59.6. The van der Waals surface area contributed by atoms with Gasteiger partial charge in [0.2, 0.25) is 0 Å². The summed E-state index contributed by atoms with van der Waals surface area (Å²) in [6.45, 7) is 7.48. The van der Waals surface area contributed by atoms with Crippen molar-refractivity contribution in [1.29, 1.82) is 0 Å². The minimum atomic E-state index is -0.451. The van der Waals surface area contributed by atoms with E-state index in [-0.39, 0.29) is 25.2 Å². The summed E-state index contributed by atoms with van der Waals surface area (Å²) in [5.41, 5.74) is 0. The number of esters is 2. The zero-order chi connectivity index (χ0) is 50.6. The minimum absolute atomic E-state index is 0.101. The molecular formula is C65H108O5. The highest BCUT2D eigenvalue weighted by Crippen LogP contribution is 2.15. The van der Waals surface area contributed by atoms with Crippen LogP contribution in [0.4, 0.5) is 0 Å². The maximum absolute atomic E-state index is 12.7. The van der Waals surface area contributed by atoms with Crippen LogP contribution in [-0.2, 0) is 23.8 Å². The van der Waals surface area contributed by atoms with Crippen LogP contribution in [0, 0.1) is 0 Å². The van der Waals surface area contributed by atoms with Crippen molar-refractivity contribution in [3.8, 4) is 0 Å². The molecule has 0 aliphatic heterocycles. The fourth-order valence-corrected chi connectivity index (χ4v) is 7.67. The Morgan fingerprint density at radius 3 is 1.01 bits per heavy atom. The van der Waals surface area contributed by atoms with Gasteiger partial charge in [0.1, 0.15) is 19.3 Å². The molecule has 70 heavy (non-hydrogen) atoms. The molecule has 0 spiro atoms. The Bertz CT molecular complexity index is 1420. The van der Waals surface area contributed by atoms with Crippen LogP contribution in [0.15, 0.2) is 122 Å². The molecule has 5 nitrogen and oxygen atoms in total. The van der Waals surface area contributed by atoms with E-state index in [0.29, 0.717) is 25.9 Å². The molecule has 0 aromatic heterocycles. The third-order valence-electron chi connectivity index (χ3n) is 12.0. The Morgan fingerprint density at radius 2 is 0.614 bits per heavy atom. The van der Waals surface area contributed by atoms with E-state index in [1.807, 2.05) is 6.08 Å². The molecule has 1 atom stereocenters. The van der Waals surface area contributed by atoms with E-state index < -0.39 is 6.10 Å². The van der Waals surface area contributed by atoms with Crippen LogP contribution in [0.3, 0.4) is 0 Å². The van der Waals surface area contributed by atoms with Gasteiger partial charge in [-0.15, -0.1) is 0 Å². The van der Waals surface area contributed by atoms with Crippen LogP contribution >= 0.6 is 0 Å². The quantitative estimate of drug-likeness (QED) is 0.0345. The number of hydrogen-bond acceptors (Lipinski definition) is 5. The van der Waals surface area contributed by atoms with Gasteiger partial charge in [-0.2, -0.15) is 0 Å². The van der Waals surface area contributed by atoms with Crippen molar-refractivity contribution < 1.29 is 23.8 Å². The van der Waals surface area contributed by atoms with Crippen molar-refractivity contribution >= 4 is 11.9 Å². The van der Waals surface area contributed by atoms with Gasteiger partial charge in [0.25, 0.3) is 0 Å². The molecule has 0 heterocycles. The molecule has 0 saturated heterocycles. The summed E-state index contributed by atoms with van der Waals surface area (Å²) >= 11 is 0. The fraction of sp³-hybridized carbons (Fsp3) is 0.662. The number of ether oxygens (including phenoxy) is 3. The van der Waals surface area contributed by atoms with Crippen molar-refractivity contribution in [3.05, 3.63) is 122 Å². The topological polar surface area (TPSA) is 61.8 Å². The van der Waals surface area contributed by atoms with Gasteiger partial charge in [-0.3, -0.25) is 9.59 Å². The average molecular weight is 970 g/mol. The molecule has 0 saturated carbocycles. The van der Waals surface area contributed by atoms with E-state index in [9.17, 15) is 9.59 Å². The molecule has 0 amide bonds. The van der Waals surface area contributed by atoms with Crippen molar-refractivity contribution in [2.24, 2.45) is 0 Å². The van der Waals surface area contributed by atoms with Crippen molar-refractivity contribution in [1.82, 2.24) is 0 Å². The molecule has 0 rings (SSSR count). The minimum Gasteiger partial charge on any atom is -0.463 e. The molecule has 0 radical (unpaired) electrons. The maximum atomic E-state index is 12.7. The van der Waals surface area contributed by atoms with Crippen molar-refractivity contribution in [2.45, 2.75) is 258 Å². The first kappa shape index (κ1) is 66.3. The Hall–Kier alpha value is -3.70. The lowest BCUT2D eigenvalue weighted by Crippen LogP contribution is -2.29. The Balaban J connectivity index is 4.45. The molecule has 398 valence electrons. The zero-order valence-corrected chi connectivity index (χ0v) is 45.7. The molecule has 0 fully saturated rings. The lowest BCUT2D eigenvalue weighted by Gasteiger charge is -2.18. The first-order valence-corrected chi connectivity index (χ1v) is 29.1. The smallest absolute Gasteiger partial charge is 0.306 e. The molecule has 0 aromatic carbocycles. The Labute approximate surface area is 433 Å². The van der Waals surface area contributed by atoms with E-state index >= 15 is 0 Å². The van der Waals surface area contributed by atoms with Gasteiger partial charge in [-0.25, -0.2) is 0 Å². The zero-order valence-electron chi connectivity index (χ0n) is 45.7. The van der Waals surface area contributed by atoms with E-state index in [1.54, 1.807) is 0 Å². The third-order valence-corrected chi connectivity index (χ3v) is 12.0. The van der Waals surface area contributed by atoms with Gasteiger partial charge >= 0.3 is 11.9 Å². The van der Waals surface area contributed by atoms with Gasteiger partial charge in [0.15, 0.2) is 0 Å². The standard InChI is InChI=1S/C65H108O5/c1-4-7-10-13-16-19-22-25-28-31-33-35-37-40-43-46-49-52-55-58-64(66)69-61-63(68-60-57-54-51-48-45-42-39-30-27-24-21-18-15-12-9-6-3)62-70-65(67)59-56-53-50-47-44-41-38-36-34-32-29-26-23-20-17-14-11-8-5-2/h7,10,16-17,19-20,25-26,28-29,33-36,40-41,43-44,49,52,63H,4-6,8-9,11-15,18,21-24,27,30-32,37-39,42,45-48,50-51,53-62H2,1-3H3/b10-7-,19-16-,20-17-,28-25-,29-26-,35-33-,36-34-,43-40-,44-41-,52-49-/t63-/m1/s1.